The first-order valence-corrected chi connectivity index (χ1v) is 10.3. The van der Waals surface area contributed by atoms with Crippen LogP contribution in [0.4, 0.5) is 5.69 Å². The molecule has 0 unspecified atom stereocenters. The van der Waals surface area contributed by atoms with Crippen LogP contribution in [0.15, 0.2) is 63.9 Å². The molecule has 2 heterocycles. The molecule has 1 N–H and O–H groups in total. The Bertz CT molecular complexity index is 1350. The quantitative estimate of drug-likeness (QED) is 0.508. The van der Waals surface area contributed by atoms with E-state index < -0.39 is 0 Å². The zero-order chi connectivity index (χ0) is 22.8. The fourth-order valence-electron chi connectivity index (χ4n) is 3.63. The van der Waals surface area contributed by atoms with Gasteiger partial charge in [-0.3, -0.25) is 9.59 Å². The van der Waals surface area contributed by atoms with Gasteiger partial charge in [0.2, 0.25) is 11.7 Å². The molecule has 0 atom stereocenters. The first-order valence-electron chi connectivity index (χ1n) is 10.3. The van der Waals surface area contributed by atoms with E-state index in [0.29, 0.717) is 22.6 Å². The van der Waals surface area contributed by atoms with Crippen molar-refractivity contribution in [1.29, 1.82) is 0 Å². The Labute approximate surface area is 185 Å². The molecule has 4 rings (SSSR count). The van der Waals surface area contributed by atoms with E-state index in [-0.39, 0.29) is 23.9 Å². The third-order valence-electron chi connectivity index (χ3n) is 5.56. The van der Waals surface area contributed by atoms with E-state index in [4.69, 9.17) is 4.52 Å². The third-order valence-corrected chi connectivity index (χ3v) is 5.56. The van der Waals surface area contributed by atoms with Crippen LogP contribution >= 0.6 is 0 Å². The van der Waals surface area contributed by atoms with Crippen molar-refractivity contribution < 1.29 is 9.32 Å². The van der Waals surface area contributed by atoms with Crippen molar-refractivity contribution in [1.82, 2.24) is 14.7 Å². The van der Waals surface area contributed by atoms with Crippen molar-refractivity contribution in [3.63, 3.8) is 0 Å². The van der Waals surface area contributed by atoms with E-state index in [9.17, 15) is 9.59 Å². The molecule has 7 nitrogen and oxygen atoms in total. The summed E-state index contributed by atoms with van der Waals surface area (Å²) in [7, 11) is 0. The van der Waals surface area contributed by atoms with E-state index in [1.807, 2.05) is 75.4 Å². The van der Waals surface area contributed by atoms with E-state index >= 15 is 0 Å². The standard InChI is InChI=1S/C25H24N4O3/c1-15-9-8-12-20(18(15)4)26-21(30)14-29-17(3)13-16(2)22(25(29)31)24-27-23(28-32-24)19-10-6-5-7-11-19/h5-13H,14H2,1-4H3,(H,26,30). The highest BCUT2D eigenvalue weighted by molar-refractivity contribution is 5.91. The smallest absolute Gasteiger partial charge is 0.264 e. The summed E-state index contributed by atoms with van der Waals surface area (Å²) in [6.07, 6.45) is 0. The first-order chi connectivity index (χ1) is 15.3. The Morgan fingerprint density at radius 2 is 1.75 bits per heavy atom. The van der Waals surface area contributed by atoms with Crippen molar-refractivity contribution >= 4 is 11.6 Å². The average Bonchev–Trinajstić information content (AvgIpc) is 3.25. The molecule has 1 amide bonds. The average molecular weight is 428 g/mol. The normalized spacial score (nSPS) is 10.9. The number of nitrogens with one attached hydrogen (secondary N) is 1. The molecule has 0 aliphatic heterocycles. The third kappa shape index (κ3) is 4.09. The zero-order valence-corrected chi connectivity index (χ0v) is 18.5. The van der Waals surface area contributed by atoms with Crippen LogP contribution in [0, 0.1) is 27.7 Å². The molecule has 2 aromatic carbocycles. The molecule has 0 fully saturated rings. The molecule has 0 aliphatic rings. The van der Waals surface area contributed by atoms with Gasteiger partial charge in [-0.2, -0.15) is 4.98 Å². The van der Waals surface area contributed by atoms with Gasteiger partial charge in [-0.25, -0.2) is 0 Å². The van der Waals surface area contributed by atoms with Gasteiger partial charge in [0, 0.05) is 16.9 Å². The summed E-state index contributed by atoms with van der Waals surface area (Å²) >= 11 is 0. The molecule has 0 spiro atoms. The predicted molar refractivity (Wildman–Crippen MR) is 123 cm³/mol. The second-order valence-electron chi connectivity index (χ2n) is 7.82. The van der Waals surface area contributed by atoms with Crippen LogP contribution in [-0.2, 0) is 11.3 Å². The van der Waals surface area contributed by atoms with Gasteiger partial charge in [0.25, 0.3) is 11.4 Å². The van der Waals surface area contributed by atoms with Gasteiger partial charge in [0.05, 0.1) is 0 Å². The number of aryl methyl sites for hydroxylation is 3. The number of anilines is 1. The molecule has 162 valence electrons. The van der Waals surface area contributed by atoms with Crippen molar-refractivity contribution in [3.8, 4) is 22.8 Å². The van der Waals surface area contributed by atoms with Crippen LogP contribution in [0.2, 0.25) is 0 Å². The molecular formula is C25H24N4O3. The Balaban J connectivity index is 1.66. The van der Waals surface area contributed by atoms with E-state index in [2.05, 4.69) is 15.5 Å². The SMILES string of the molecule is Cc1cccc(NC(=O)Cn2c(C)cc(C)c(-c3nc(-c4ccccc4)no3)c2=O)c1C. The second kappa shape index (κ2) is 8.63. The van der Waals surface area contributed by atoms with Crippen LogP contribution in [0.5, 0.6) is 0 Å². The maximum atomic E-state index is 13.3. The van der Waals surface area contributed by atoms with Crippen molar-refractivity contribution in [2.24, 2.45) is 0 Å². The largest absolute Gasteiger partial charge is 0.333 e. The minimum absolute atomic E-state index is 0.120. The lowest BCUT2D eigenvalue weighted by molar-refractivity contribution is -0.116. The number of amides is 1. The van der Waals surface area contributed by atoms with Gasteiger partial charge in [0.1, 0.15) is 12.1 Å². The molecule has 0 radical (unpaired) electrons. The van der Waals surface area contributed by atoms with Crippen molar-refractivity contribution in [3.05, 3.63) is 87.3 Å². The second-order valence-corrected chi connectivity index (χ2v) is 7.82. The highest BCUT2D eigenvalue weighted by atomic mass is 16.5. The summed E-state index contributed by atoms with van der Waals surface area (Å²) in [5.74, 6) is 0.253. The predicted octanol–water partition coefficient (Wildman–Crippen LogP) is 4.44. The zero-order valence-electron chi connectivity index (χ0n) is 18.5. The summed E-state index contributed by atoms with van der Waals surface area (Å²) in [5.41, 5.74) is 4.94. The molecule has 7 heteroatoms. The highest BCUT2D eigenvalue weighted by Crippen LogP contribution is 2.23. The topological polar surface area (TPSA) is 90.0 Å². The van der Waals surface area contributed by atoms with Crippen molar-refractivity contribution in [2.45, 2.75) is 34.2 Å². The number of aromatic nitrogens is 3. The summed E-state index contributed by atoms with van der Waals surface area (Å²) in [5, 5.41) is 6.92. The summed E-state index contributed by atoms with van der Waals surface area (Å²) in [4.78, 5) is 30.5. The van der Waals surface area contributed by atoms with E-state index in [1.165, 1.54) is 4.57 Å². The minimum atomic E-state index is -0.345. The number of nitrogens with zero attached hydrogens (tertiary/aromatic N) is 3. The number of carbonyl (C=O) groups is 1. The lowest BCUT2D eigenvalue weighted by atomic mass is 10.1. The van der Waals surface area contributed by atoms with Gasteiger partial charge in [-0.1, -0.05) is 47.6 Å². The van der Waals surface area contributed by atoms with Crippen LogP contribution in [0.1, 0.15) is 22.4 Å². The molecule has 2 aromatic heterocycles. The maximum absolute atomic E-state index is 13.3. The summed E-state index contributed by atoms with van der Waals surface area (Å²) < 4.78 is 6.84. The van der Waals surface area contributed by atoms with Gasteiger partial charge in [-0.05, 0) is 56.5 Å². The molecular weight excluding hydrogens is 404 g/mol. The monoisotopic (exact) mass is 428 g/mol. The van der Waals surface area contributed by atoms with Crippen LogP contribution in [0.25, 0.3) is 22.8 Å². The Hall–Kier alpha value is -4.00. The van der Waals surface area contributed by atoms with Crippen molar-refractivity contribution in [2.75, 3.05) is 5.32 Å². The van der Waals surface area contributed by atoms with Crippen LogP contribution < -0.4 is 10.9 Å². The lowest BCUT2D eigenvalue weighted by Crippen LogP contribution is -2.31. The first kappa shape index (κ1) is 21.2. The number of benzene rings is 2. The molecule has 0 saturated heterocycles. The number of rotatable bonds is 5. The lowest BCUT2D eigenvalue weighted by Gasteiger charge is -2.14. The highest BCUT2D eigenvalue weighted by Gasteiger charge is 2.20. The number of carbonyl (C=O) groups excluding carboxylic acids is 1. The van der Waals surface area contributed by atoms with E-state index in [1.54, 1.807) is 6.92 Å². The fourth-order valence-corrected chi connectivity index (χ4v) is 3.63. The van der Waals surface area contributed by atoms with E-state index in [0.717, 1.165) is 22.4 Å². The summed E-state index contributed by atoms with van der Waals surface area (Å²) in [6, 6.07) is 17.0. The Morgan fingerprint density at radius 1 is 1.00 bits per heavy atom. The van der Waals surface area contributed by atoms with Crippen LogP contribution in [0.3, 0.4) is 0 Å². The molecule has 0 saturated carbocycles. The number of hydrogen-bond acceptors (Lipinski definition) is 5. The fraction of sp³-hybridized carbons (Fsp3) is 0.200. The summed E-state index contributed by atoms with van der Waals surface area (Å²) in [6.45, 7) is 7.43. The Kier molecular flexibility index (Phi) is 5.73. The molecule has 32 heavy (non-hydrogen) atoms. The number of hydrogen-bond donors (Lipinski definition) is 1. The maximum Gasteiger partial charge on any atom is 0.264 e. The van der Waals surface area contributed by atoms with Crippen LogP contribution in [-0.4, -0.2) is 20.6 Å². The molecule has 4 aromatic rings. The number of pyridine rings is 1. The van der Waals surface area contributed by atoms with Gasteiger partial charge >= 0.3 is 0 Å². The molecule has 0 bridgehead atoms. The minimum Gasteiger partial charge on any atom is -0.333 e. The van der Waals surface area contributed by atoms with Gasteiger partial charge in [0.15, 0.2) is 0 Å². The van der Waals surface area contributed by atoms with Gasteiger partial charge in [-0.15, -0.1) is 0 Å². The molecule has 0 aliphatic carbocycles. The Morgan fingerprint density at radius 3 is 2.50 bits per heavy atom. The van der Waals surface area contributed by atoms with Gasteiger partial charge < -0.3 is 14.4 Å².